The van der Waals surface area contributed by atoms with Gasteiger partial charge in [-0.25, -0.2) is 4.79 Å². The van der Waals surface area contributed by atoms with E-state index in [-0.39, 0.29) is 17.4 Å². The van der Waals surface area contributed by atoms with Crippen molar-refractivity contribution in [3.63, 3.8) is 0 Å². The molecule has 2 N–H and O–H groups in total. The van der Waals surface area contributed by atoms with Gasteiger partial charge in [0.25, 0.3) is 5.91 Å². The van der Waals surface area contributed by atoms with Crippen LogP contribution in [-0.2, 0) is 0 Å². The molecule has 0 fully saturated rings. The molecule has 0 radical (unpaired) electrons. The Morgan fingerprint density at radius 1 is 1.29 bits per heavy atom. The molecule has 3 rings (SSSR count). The Morgan fingerprint density at radius 2 is 2.04 bits per heavy atom. The van der Waals surface area contributed by atoms with E-state index in [2.05, 4.69) is 24.9 Å². The Kier molecular flexibility index (Phi) is 6.26. The lowest BCUT2D eigenvalue weighted by Gasteiger charge is -2.25. The van der Waals surface area contributed by atoms with Crippen molar-refractivity contribution in [1.82, 2.24) is 0 Å². The van der Waals surface area contributed by atoms with E-state index < -0.39 is 5.97 Å². The predicted octanol–water partition coefficient (Wildman–Crippen LogP) is 6.02. The first-order valence-corrected chi connectivity index (χ1v) is 10.1. The molecule has 1 aliphatic carbocycles. The molecule has 28 heavy (non-hydrogen) atoms. The van der Waals surface area contributed by atoms with Gasteiger partial charge in [0.15, 0.2) is 0 Å². The van der Waals surface area contributed by atoms with Gasteiger partial charge in [-0.15, -0.1) is 11.3 Å². The summed E-state index contributed by atoms with van der Waals surface area (Å²) in [7, 11) is 0. The summed E-state index contributed by atoms with van der Waals surface area (Å²) in [6.07, 6.45) is 8.38. The van der Waals surface area contributed by atoms with Crippen molar-refractivity contribution in [1.29, 1.82) is 0 Å². The third kappa shape index (κ3) is 4.31. The van der Waals surface area contributed by atoms with Crippen LogP contribution in [0.5, 0.6) is 0 Å². The SMILES string of the molecule is C=C/C=C\C1=C(C)CC(c2csc(NC(=O)c3ccccc3)c2C(=O)O)CC1. The number of allylic oxidation sites excluding steroid dienone is 5. The van der Waals surface area contributed by atoms with E-state index in [4.69, 9.17) is 0 Å². The molecule has 144 valence electrons. The van der Waals surface area contributed by atoms with Crippen LogP contribution >= 0.6 is 11.3 Å². The van der Waals surface area contributed by atoms with E-state index in [1.165, 1.54) is 22.5 Å². The molecule has 2 aromatic rings. The van der Waals surface area contributed by atoms with Crippen LogP contribution < -0.4 is 5.32 Å². The number of carbonyl (C=O) groups is 2. The van der Waals surface area contributed by atoms with Crippen molar-refractivity contribution in [2.24, 2.45) is 0 Å². The number of aromatic carboxylic acids is 1. The smallest absolute Gasteiger partial charge is 0.339 e. The summed E-state index contributed by atoms with van der Waals surface area (Å²) in [6.45, 7) is 5.80. The van der Waals surface area contributed by atoms with E-state index in [0.717, 1.165) is 24.8 Å². The fourth-order valence-corrected chi connectivity index (χ4v) is 4.60. The number of carboxylic acid groups (broad SMARTS) is 1. The molecule has 1 aromatic heterocycles. The number of hydrogen-bond donors (Lipinski definition) is 2. The first kappa shape index (κ1) is 19.8. The van der Waals surface area contributed by atoms with Gasteiger partial charge in [0.2, 0.25) is 0 Å². The zero-order valence-corrected chi connectivity index (χ0v) is 16.6. The average molecular weight is 394 g/mol. The molecule has 0 aliphatic heterocycles. The zero-order chi connectivity index (χ0) is 20.1. The maximum atomic E-state index is 12.4. The Balaban J connectivity index is 1.85. The lowest BCUT2D eigenvalue weighted by Crippen LogP contribution is -2.15. The van der Waals surface area contributed by atoms with E-state index >= 15 is 0 Å². The van der Waals surface area contributed by atoms with Gasteiger partial charge in [-0.3, -0.25) is 4.79 Å². The average Bonchev–Trinajstić information content (AvgIpc) is 3.11. The molecule has 1 heterocycles. The molecule has 1 unspecified atom stereocenters. The number of benzene rings is 1. The minimum absolute atomic E-state index is 0.144. The summed E-state index contributed by atoms with van der Waals surface area (Å²) in [5.41, 5.74) is 4.10. The Morgan fingerprint density at radius 3 is 2.68 bits per heavy atom. The summed E-state index contributed by atoms with van der Waals surface area (Å²) in [4.78, 5) is 24.4. The lowest BCUT2D eigenvalue weighted by molar-refractivity contribution is 0.0696. The molecule has 4 nitrogen and oxygen atoms in total. The van der Waals surface area contributed by atoms with Crippen LogP contribution in [0.3, 0.4) is 0 Å². The van der Waals surface area contributed by atoms with E-state index in [1.807, 2.05) is 17.5 Å². The second-order valence-electron chi connectivity index (χ2n) is 6.86. The summed E-state index contributed by atoms with van der Waals surface area (Å²) < 4.78 is 0. The summed E-state index contributed by atoms with van der Waals surface area (Å²) >= 11 is 1.28. The molecule has 1 aliphatic rings. The van der Waals surface area contributed by atoms with Crippen molar-refractivity contribution in [3.8, 4) is 0 Å². The molecule has 1 amide bonds. The van der Waals surface area contributed by atoms with E-state index in [0.29, 0.717) is 10.6 Å². The van der Waals surface area contributed by atoms with Crippen molar-refractivity contribution in [2.45, 2.75) is 32.1 Å². The number of thiophene rings is 1. The highest BCUT2D eigenvalue weighted by Crippen LogP contribution is 2.42. The topological polar surface area (TPSA) is 66.4 Å². The van der Waals surface area contributed by atoms with Crippen LogP contribution in [0.4, 0.5) is 5.00 Å². The van der Waals surface area contributed by atoms with Gasteiger partial charge in [-0.2, -0.15) is 0 Å². The minimum atomic E-state index is -1.00. The van der Waals surface area contributed by atoms with Crippen molar-refractivity contribution < 1.29 is 14.7 Å². The highest BCUT2D eigenvalue weighted by atomic mass is 32.1. The van der Waals surface area contributed by atoms with Gasteiger partial charge in [0.05, 0.1) is 5.56 Å². The molecule has 0 spiro atoms. The van der Waals surface area contributed by atoms with E-state index in [9.17, 15) is 14.7 Å². The zero-order valence-electron chi connectivity index (χ0n) is 15.8. The standard InChI is InChI=1S/C23H23NO3S/c1-3-4-8-16-11-12-18(13-15(16)2)19-14-28-22(20(19)23(26)27)24-21(25)17-9-6-5-7-10-17/h3-10,14,18H,1,11-13H2,2H3,(H,24,25)(H,26,27)/b8-4-. The van der Waals surface area contributed by atoms with Gasteiger partial charge in [-0.1, -0.05) is 48.6 Å². The Bertz CT molecular complexity index is 953. The number of hydrogen-bond acceptors (Lipinski definition) is 3. The first-order valence-electron chi connectivity index (χ1n) is 9.20. The molecular formula is C23H23NO3S. The second-order valence-corrected chi connectivity index (χ2v) is 7.74. The fraction of sp³-hybridized carbons (Fsp3) is 0.217. The third-order valence-electron chi connectivity index (χ3n) is 5.03. The number of anilines is 1. The molecule has 5 heteroatoms. The van der Waals surface area contributed by atoms with Gasteiger partial charge < -0.3 is 10.4 Å². The van der Waals surface area contributed by atoms with E-state index in [1.54, 1.807) is 30.3 Å². The normalized spacial score (nSPS) is 17.0. The lowest BCUT2D eigenvalue weighted by atomic mass is 9.80. The van der Waals surface area contributed by atoms with Crippen molar-refractivity contribution in [2.75, 3.05) is 5.32 Å². The van der Waals surface area contributed by atoms with Gasteiger partial charge in [-0.05, 0) is 60.8 Å². The van der Waals surface area contributed by atoms with Crippen LogP contribution in [0.2, 0.25) is 0 Å². The highest BCUT2D eigenvalue weighted by Gasteiger charge is 2.28. The van der Waals surface area contributed by atoms with Crippen LogP contribution in [-0.4, -0.2) is 17.0 Å². The quantitative estimate of drug-likeness (QED) is 0.589. The third-order valence-corrected chi connectivity index (χ3v) is 5.95. The number of amides is 1. The Hall–Kier alpha value is -2.92. The van der Waals surface area contributed by atoms with Crippen molar-refractivity contribution >= 4 is 28.2 Å². The van der Waals surface area contributed by atoms with Crippen LogP contribution in [0.15, 0.2) is 71.7 Å². The minimum Gasteiger partial charge on any atom is -0.478 e. The highest BCUT2D eigenvalue weighted by molar-refractivity contribution is 7.15. The number of rotatable bonds is 6. The summed E-state index contributed by atoms with van der Waals surface area (Å²) in [6, 6.07) is 8.81. The van der Waals surface area contributed by atoms with Gasteiger partial charge in [0.1, 0.15) is 5.00 Å². The van der Waals surface area contributed by atoms with Gasteiger partial charge >= 0.3 is 5.97 Å². The van der Waals surface area contributed by atoms with Crippen molar-refractivity contribution in [3.05, 3.63) is 88.4 Å². The number of carboxylic acids is 1. The maximum absolute atomic E-state index is 12.4. The predicted molar refractivity (Wildman–Crippen MR) is 114 cm³/mol. The first-order chi connectivity index (χ1) is 13.5. The molecule has 0 bridgehead atoms. The molecular weight excluding hydrogens is 370 g/mol. The maximum Gasteiger partial charge on any atom is 0.339 e. The van der Waals surface area contributed by atoms with Crippen LogP contribution in [0.1, 0.15) is 58.4 Å². The largest absolute Gasteiger partial charge is 0.478 e. The summed E-state index contributed by atoms with van der Waals surface area (Å²) in [5, 5.41) is 14.9. The van der Waals surface area contributed by atoms with Gasteiger partial charge in [0, 0.05) is 5.56 Å². The summed E-state index contributed by atoms with van der Waals surface area (Å²) in [5.74, 6) is -1.16. The van der Waals surface area contributed by atoms with Crippen LogP contribution in [0, 0.1) is 0 Å². The molecule has 0 saturated heterocycles. The Labute approximate surface area is 168 Å². The fourth-order valence-electron chi connectivity index (χ4n) is 3.57. The molecule has 1 aromatic carbocycles. The monoisotopic (exact) mass is 393 g/mol. The molecule has 0 saturated carbocycles. The number of nitrogens with one attached hydrogen (secondary N) is 1. The number of carbonyl (C=O) groups excluding carboxylic acids is 1. The molecule has 1 atom stereocenters. The second kappa shape index (κ2) is 8.85. The van der Waals surface area contributed by atoms with Crippen LogP contribution in [0.25, 0.3) is 0 Å².